The zero-order valence-corrected chi connectivity index (χ0v) is 25.4. The Hall–Kier alpha value is -3.15. The average molecular weight is 574 g/mol. The fourth-order valence-electron chi connectivity index (χ4n) is 6.02. The highest BCUT2D eigenvalue weighted by Crippen LogP contribution is 2.36. The van der Waals surface area contributed by atoms with Gasteiger partial charge in [0, 0.05) is 49.6 Å². The molecule has 2 aromatic rings. The minimum absolute atomic E-state index is 0.0165. The Morgan fingerprint density at radius 1 is 1.02 bits per heavy atom. The first-order valence-corrected chi connectivity index (χ1v) is 15.3. The van der Waals surface area contributed by atoms with Gasteiger partial charge in [0.25, 0.3) is 0 Å². The van der Waals surface area contributed by atoms with Gasteiger partial charge < -0.3 is 10.2 Å². The van der Waals surface area contributed by atoms with Gasteiger partial charge in [0.15, 0.2) is 0 Å². The van der Waals surface area contributed by atoms with Gasteiger partial charge in [-0.25, -0.2) is 0 Å². The van der Waals surface area contributed by atoms with Crippen LogP contribution in [-0.4, -0.2) is 53.8 Å². The predicted molar refractivity (Wildman–Crippen MR) is 169 cm³/mol. The Morgan fingerprint density at radius 3 is 2.34 bits per heavy atom. The van der Waals surface area contributed by atoms with Gasteiger partial charge in [-0.1, -0.05) is 92.7 Å². The first-order valence-electron chi connectivity index (χ1n) is 14.9. The molecule has 41 heavy (non-hydrogen) atoms. The third-order valence-electron chi connectivity index (χ3n) is 8.64. The molecule has 2 aromatic carbocycles. The molecular formula is C35H44ClN3O2. The predicted octanol–water partition coefficient (Wildman–Crippen LogP) is 6.77. The summed E-state index contributed by atoms with van der Waals surface area (Å²) < 4.78 is 0. The molecule has 1 aliphatic carbocycles. The average Bonchev–Trinajstić information content (AvgIpc) is 3.00. The van der Waals surface area contributed by atoms with Crippen LogP contribution in [0.5, 0.6) is 0 Å². The number of allylic oxidation sites excluding steroid dienone is 5. The largest absolute Gasteiger partial charge is 0.344 e. The summed E-state index contributed by atoms with van der Waals surface area (Å²) in [5, 5.41) is 3.85. The number of rotatable bonds is 10. The first-order chi connectivity index (χ1) is 19.8. The maximum absolute atomic E-state index is 14.0. The monoisotopic (exact) mass is 573 g/mol. The lowest BCUT2D eigenvalue weighted by Crippen LogP contribution is -2.56. The number of benzene rings is 2. The number of nitrogens with one attached hydrogen (secondary N) is 1. The Bertz CT molecular complexity index is 1250. The van der Waals surface area contributed by atoms with Crippen molar-refractivity contribution in [3.63, 3.8) is 0 Å². The number of carbonyl (C=O) groups excluding carboxylic acids is 2. The van der Waals surface area contributed by atoms with Gasteiger partial charge >= 0.3 is 0 Å². The molecule has 2 aliphatic rings. The molecule has 4 atom stereocenters. The van der Waals surface area contributed by atoms with E-state index in [0.717, 1.165) is 31.5 Å². The van der Waals surface area contributed by atoms with Gasteiger partial charge in [-0.05, 0) is 66.5 Å². The number of hydrogen-bond acceptors (Lipinski definition) is 3. The zero-order chi connectivity index (χ0) is 29.4. The van der Waals surface area contributed by atoms with Crippen molar-refractivity contribution in [2.45, 2.75) is 58.5 Å². The molecular weight excluding hydrogens is 530 g/mol. The number of hydrogen-bond donors (Lipinski definition) is 1. The van der Waals surface area contributed by atoms with Gasteiger partial charge in [-0.3, -0.25) is 14.5 Å². The van der Waals surface area contributed by atoms with E-state index in [2.05, 4.69) is 74.0 Å². The van der Waals surface area contributed by atoms with Crippen molar-refractivity contribution < 1.29 is 9.59 Å². The van der Waals surface area contributed by atoms with Crippen molar-refractivity contribution >= 4 is 23.4 Å². The Kier molecular flexibility index (Phi) is 11.0. The quantitative estimate of drug-likeness (QED) is 0.341. The van der Waals surface area contributed by atoms with Gasteiger partial charge in [-0.2, -0.15) is 0 Å². The molecule has 0 spiro atoms. The number of carbonyl (C=O) groups is 2. The molecule has 1 aliphatic heterocycles. The molecule has 1 fully saturated rings. The molecule has 0 saturated carbocycles. The minimum Gasteiger partial charge on any atom is -0.344 e. The van der Waals surface area contributed by atoms with Gasteiger partial charge in [-0.15, -0.1) is 0 Å². The molecule has 2 amide bonds. The fraction of sp³-hybridized carbons (Fsp3) is 0.429. The zero-order valence-electron chi connectivity index (χ0n) is 24.7. The normalized spacial score (nSPS) is 21.5. The number of piperazine rings is 1. The Balaban J connectivity index is 1.47. The van der Waals surface area contributed by atoms with Crippen molar-refractivity contribution in [3.05, 3.63) is 107 Å². The van der Waals surface area contributed by atoms with Crippen LogP contribution in [0.25, 0.3) is 0 Å². The lowest BCUT2D eigenvalue weighted by atomic mass is 9.76. The van der Waals surface area contributed by atoms with Crippen LogP contribution >= 0.6 is 11.6 Å². The van der Waals surface area contributed by atoms with E-state index in [1.165, 1.54) is 16.7 Å². The van der Waals surface area contributed by atoms with Crippen LogP contribution in [0, 0.1) is 11.8 Å². The molecule has 1 saturated heterocycles. The van der Waals surface area contributed by atoms with E-state index in [9.17, 15) is 9.59 Å². The molecule has 4 unspecified atom stereocenters. The molecule has 4 rings (SSSR count). The van der Waals surface area contributed by atoms with Gasteiger partial charge in [0.05, 0.1) is 0 Å². The minimum atomic E-state index is -0.631. The molecule has 1 N–H and O–H groups in total. The van der Waals surface area contributed by atoms with Crippen LogP contribution in [0.1, 0.15) is 57.2 Å². The summed E-state index contributed by atoms with van der Waals surface area (Å²) in [5.41, 5.74) is 4.64. The standard InChI is InChI=1S/C35H44ClN3O2/c1-5-7-11-30-24-32(25(3)22-28(30)6-2)34(40)37-33(23-27-14-16-31(36)17-15-27)35(41)39-20-18-38(19-21-39)26(4)29-12-9-8-10-13-29/h6-17,25-26,32-33H,2,5,18-24H2,1,3-4H3,(H,37,40)/b11-7-. The van der Waals surface area contributed by atoms with E-state index >= 15 is 0 Å². The summed E-state index contributed by atoms with van der Waals surface area (Å²) in [6, 6.07) is 17.7. The van der Waals surface area contributed by atoms with Crippen molar-refractivity contribution in [3.8, 4) is 0 Å². The van der Waals surface area contributed by atoms with Crippen LogP contribution in [-0.2, 0) is 16.0 Å². The van der Waals surface area contributed by atoms with Crippen molar-refractivity contribution in [2.75, 3.05) is 26.2 Å². The van der Waals surface area contributed by atoms with E-state index < -0.39 is 6.04 Å². The number of halogens is 1. The van der Waals surface area contributed by atoms with Crippen LogP contribution in [0.3, 0.4) is 0 Å². The molecule has 6 heteroatoms. The van der Waals surface area contributed by atoms with E-state index in [0.29, 0.717) is 31.0 Å². The van der Waals surface area contributed by atoms with E-state index in [1.54, 1.807) is 0 Å². The second kappa shape index (κ2) is 14.7. The maximum atomic E-state index is 14.0. The van der Waals surface area contributed by atoms with Gasteiger partial charge in [0.2, 0.25) is 11.8 Å². The summed E-state index contributed by atoms with van der Waals surface area (Å²) in [6.07, 6.45) is 9.02. The molecule has 0 bridgehead atoms. The van der Waals surface area contributed by atoms with Crippen molar-refractivity contribution in [1.29, 1.82) is 0 Å². The highest BCUT2D eigenvalue weighted by atomic mass is 35.5. The third-order valence-corrected chi connectivity index (χ3v) is 8.89. The number of nitrogens with zero attached hydrogens (tertiary/aromatic N) is 2. The van der Waals surface area contributed by atoms with Crippen molar-refractivity contribution in [2.24, 2.45) is 11.8 Å². The summed E-state index contributed by atoms with van der Waals surface area (Å²) in [7, 11) is 0. The fourth-order valence-corrected chi connectivity index (χ4v) is 6.14. The number of amides is 2. The smallest absolute Gasteiger partial charge is 0.245 e. The van der Waals surface area contributed by atoms with E-state index in [-0.39, 0.29) is 29.7 Å². The highest BCUT2D eigenvalue weighted by Gasteiger charge is 2.35. The molecule has 218 valence electrons. The maximum Gasteiger partial charge on any atom is 0.245 e. The SMILES string of the molecule is C=CC1=C(/C=C\CC)CC(C(=O)NC(Cc2ccc(Cl)cc2)C(=O)N2CCN(C(C)c3ccccc3)CC2)C(C)C1. The van der Waals surface area contributed by atoms with Crippen LogP contribution in [0.2, 0.25) is 5.02 Å². The Labute approximate surface area is 250 Å². The first kappa shape index (κ1) is 30.8. The second-order valence-corrected chi connectivity index (χ2v) is 11.8. The summed E-state index contributed by atoms with van der Waals surface area (Å²) >= 11 is 6.12. The summed E-state index contributed by atoms with van der Waals surface area (Å²) in [6.45, 7) is 13.3. The molecule has 0 radical (unpaired) electrons. The lowest BCUT2D eigenvalue weighted by molar-refractivity contribution is -0.139. The van der Waals surface area contributed by atoms with Crippen LogP contribution in [0.4, 0.5) is 0 Å². The lowest BCUT2D eigenvalue weighted by Gasteiger charge is -2.39. The van der Waals surface area contributed by atoms with Gasteiger partial charge in [0.1, 0.15) is 6.04 Å². The van der Waals surface area contributed by atoms with E-state index in [1.807, 2.05) is 41.3 Å². The van der Waals surface area contributed by atoms with E-state index in [4.69, 9.17) is 11.6 Å². The van der Waals surface area contributed by atoms with Crippen LogP contribution in [0.15, 0.2) is 90.6 Å². The van der Waals surface area contributed by atoms with Crippen LogP contribution < -0.4 is 5.32 Å². The summed E-state index contributed by atoms with van der Waals surface area (Å²) in [4.78, 5) is 32.1. The topological polar surface area (TPSA) is 52.7 Å². The third kappa shape index (κ3) is 7.99. The van der Waals surface area contributed by atoms with Crippen molar-refractivity contribution in [1.82, 2.24) is 15.1 Å². The molecule has 0 aromatic heterocycles. The highest BCUT2D eigenvalue weighted by molar-refractivity contribution is 6.30. The molecule has 5 nitrogen and oxygen atoms in total. The second-order valence-electron chi connectivity index (χ2n) is 11.4. The molecule has 1 heterocycles. The Morgan fingerprint density at radius 2 is 1.71 bits per heavy atom. The summed E-state index contributed by atoms with van der Waals surface area (Å²) in [5.74, 6) is -0.0979.